The molecule has 0 spiro atoms. The molecule has 1 aliphatic heterocycles. The number of halogens is 1. The van der Waals surface area contributed by atoms with Gasteiger partial charge in [-0.2, -0.15) is 5.10 Å². The number of hydrogen-bond acceptors (Lipinski definition) is 6. The third kappa shape index (κ3) is 3.25. The van der Waals surface area contributed by atoms with Crippen LogP contribution in [0.3, 0.4) is 0 Å². The largest absolute Gasteiger partial charge is 0.383 e. The lowest BCUT2D eigenvalue weighted by atomic mass is 10.2. The van der Waals surface area contributed by atoms with E-state index in [9.17, 15) is 4.79 Å². The van der Waals surface area contributed by atoms with Crippen molar-refractivity contribution in [2.45, 2.75) is 12.5 Å². The maximum atomic E-state index is 12.0. The zero-order chi connectivity index (χ0) is 22.4. The van der Waals surface area contributed by atoms with Gasteiger partial charge in [0, 0.05) is 25.7 Å². The number of carbonyl (C=O) groups is 1. The number of rotatable bonds is 2. The van der Waals surface area contributed by atoms with Crippen LogP contribution in [0.1, 0.15) is 23.7 Å². The van der Waals surface area contributed by atoms with Crippen LogP contribution >= 0.6 is 11.6 Å². The first-order chi connectivity index (χ1) is 15.5. The standard InChI is InChI=1S/C22H19ClN8O/c1-3-19(32)30-7-6-14(10-30)31-22-20(21(24)25-11-26-22)16(28-31)5-4-13-8-17-18(9-15(13)23)29(2)12-27-17/h3,8-9,11-12,14H,1,6-7,10H2,2H3,(H2,24,25,26). The number of benzene rings is 1. The van der Waals surface area contributed by atoms with Crippen LogP contribution in [0, 0.1) is 11.8 Å². The van der Waals surface area contributed by atoms with Crippen LogP contribution in [0.5, 0.6) is 0 Å². The normalized spacial score (nSPS) is 15.8. The Kier molecular flexibility index (Phi) is 4.79. The van der Waals surface area contributed by atoms with E-state index < -0.39 is 0 Å². The summed E-state index contributed by atoms with van der Waals surface area (Å²) >= 11 is 6.45. The van der Waals surface area contributed by atoms with Crippen molar-refractivity contribution in [1.29, 1.82) is 0 Å². The van der Waals surface area contributed by atoms with Crippen LogP contribution in [-0.4, -0.2) is 53.2 Å². The summed E-state index contributed by atoms with van der Waals surface area (Å²) in [6.07, 6.45) is 5.20. The van der Waals surface area contributed by atoms with Gasteiger partial charge in [0.05, 0.1) is 33.8 Å². The first-order valence-corrected chi connectivity index (χ1v) is 10.4. The third-order valence-electron chi connectivity index (χ3n) is 5.64. The lowest BCUT2D eigenvalue weighted by Crippen LogP contribution is -2.27. The highest BCUT2D eigenvalue weighted by Gasteiger charge is 2.29. The Hall–Kier alpha value is -3.90. The highest BCUT2D eigenvalue weighted by atomic mass is 35.5. The van der Waals surface area contributed by atoms with Gasteiger partial charge in [0.15, 0.2) is 5.65 Å². The smallest absolute Gasteiger partial charge is 0.246 e. The second kappa shape index (κ2) is 7.66. The number of carbonyl (C=O) groups excluding carboxylic acids is 1. The van der Waals surface area contributed by atoms with Crippen molar-refractivity contribution in [1.82, 2.24) is 34.2 Å². The predicted molar refractivity (Wildman–Crippen MR) is 122 cm³/mol. The fraction of sp³-hybridized carbons (Fsp3) is 0.227. The first kappa shape index (κ1) is 20.0. The Balaban J connectivity index is 1.57. The Labute approximate surface area is 188 Å². The fourth-order valence-electron chi connectivity index (χ4n) is 3.98. The van der Waals surface area contributed by atoms with Crippen LogP contribution in [-0.2, 0) is 11.8 Å². The minimum atomic E-state index is -0.0994. The number of aromatic nitrogens is 6. The number of imidazole rings is 1. The van der Waals surface area contributed by atoms with Gasteiger partial charge in [-0.1, -0.05) is 24.1 Å². The Morgan fingerprint density at radius 2 is 2.16 bits per heavy atom. The van der Waals surface area contributed by atoms with E-state index >= 15 is 0 Å². The number of nitrogens with two attached hydrogens (primary N) is 1. The van der Waals surface area contributed by atoms with Crippen LogP contribution < -0.4 is 5.73 Å². The lowest BCUT2D eigenvalue weighted by Gasteiger charge is -2.14. The van der Waals surface area contributed by atoms with Crippen molar-refractivity contribution in [3.05, 3.63) is 53.7 Å². The third-order valence-corrected chi connectivity index (χ3v) is 5.96. The molecule has 0 aliphatic carbocycles. The summed E-state index contributed by atoms with van der Waals surface area (Å²) in [5.74, 6) is 6.38. The van der Waals surface area contributed by atoms with Gasteiger partial charge >= 0.3 is 0 Å². The zero-order valence-electron chi connectivity index (χ0n) is 17.3. The van der Waals surface area contributed by atoms with Gasteiger partial charge in [-0.05, 0) is 30.6 Å². The molecule has 1 fully saturated rings. The van der Waals surface area contributed by atoms with Crippen molar-refractivity contribution < 1.29 is 4.79 Å². The van der Waals surface area contributed by atoms with Gasteiger partial charge < -0.3 is 15.2 Å². The monoisotopic (exact) mass is 446 g/mol. The highest BCUT2D eigenvalue weighted by Crippen LogP contribution is 2.29. The van der Waals surface area contributed by atoms with Crippen LogP contribution in [0.2, 0.25) is 5.02 Å². The van der Waals surface area contributed by atoms with E-state index in [0.717, 1.165) is 17.5 Å². The van der Waals surface area contributed by atoms with E-state index in [-0.39, 0.29) is 11.9 Å². The lowest BCUT2D eigenvalue weighted by molar-refractivity contribution is -0.125. The molecule has 1 amide bonds. The fourth-order valence-corrected chi connectivity index (χ4v) is 4.18. The molecule has 1 aliphatic rings. The number of aryl methyl sites for hydroxylation is 1. The zero-order valence-corrected chi connectivity index (χ0v) is 18.0. The summed E-state index contributed by atoms with van der Waals surface area (Å²) in [5.41, 5.74) is 9.57. The quantitative estimate of drug-likeness (QED) is 0.374. The topological polar surface area (TPSA) is 108 Å². The summed E-state index contributed by atoms with van der Waals surface area (Å²) in [5, 5.41) is 5.81. The summed E-state index contributed by atoms with van der Waals surface area (Å²) in [6, 6.07) is 3.64. The molecule has 4 heterocycles. The van der Waals surface area contributed by atoms with Crippen LogP contribution in [0.15, 0.2) is 37.4 Å². The summed E-state index contributed by atoms with van der Waals surface area (Å²) in [4.78, 5) is 26.6. The number of amides is 1. The molecule has 3 aromatic heterocycles. The van der Waals surface area contributed by atoms with E-state index in [2.05, 4.69) is 33.4 Å². The van der Waals surface area contributed by atoms with Crippen molar-refractivity contribution in [3.8, 4) is 11.8 Å². The summed E-state index contributed by atoms with van der Waals surface area (Å²) < 4.78 is 3.69. The van der Waals surface area contributed by atoms with E-state index in [1.165, 1.54) is 12.4 Å². The molecule has 1 atom stereocenters. The molecule has 5 rings (SSSR count). The molecule has 2 N–H and O–H groups in total. The van der Waals surface area contributed by atoms with Gasteiger partial charge in [0.2, 0.25) is 5.91 Å². The molecule has 4 aromatic rings. The number of nitrogen functional groups attached to an aromatic ring is 1. The number of anilines is 1. The second-order valence-electron chi connectivity index (χ2n) is 7.61. The number of likely N-dealkylation sites (tertiary alicyclic amines) is 1. The number of hydrogen-bond donors (Lipinski definition) is 1. The van der Waals surface area contributed by atoms with E-state index in [1.54, 1.807) is 15.9 Å². The molecule has 1 aromatic carbocycles. The minimum absolute atomic E-state index is 0.0419. The average molecular weight is 447 g/mol. The number of nitrogens with zero attached hydrogens (tertiary/aromatic N) is 7. The van der Waals surface area contributed by atoms with Gasteiger partial charge in [0.25, 0.3) is 0 Å². The van der Waals surface area contributed by atoms with Crippen molar-refractivity contribution >= 4 is 45.4 Å². The summed E-state index contributed by atoms with van der Waals surface area (Å²) in [6.45, 7) is 4.70. The van der Waals surface area contributed by atoms with Gasteiger partial charge in [-0.3, -0.25) is 4.79 Å². The second-order valence-corrected chi connectivity index (χ2v) is 8.02. The van der Waals surface area contributed by atoms with E-state index in [0.29, 0.717) is 46.2 Å². The molecule has 0 saturated carbocycles. The maximum Gasteiger partial charge on any atom is 0.246 e. The van der Waals surface area contributed by atoms with Gasteiger partial charge in [0.1, 0.15) is 17.8 Å². The molecule has 0 bridgehead atoms. The van der Waals surface area contributed by atoms with E-state index in [4.69, 9.17) is 22.4 Å². The molecule has 160 valence electrons. The number of fused-ring (bicyclic) bond motifs is 2. The highest BCUT2D eigenvalue weighted by molar-refractivity contribution is 6.32. The molecular formula is C22H19ClN8O. The maximum absolute atomic E-state index is 12.0. The minimum Gasteiger partial charge on any atom is -0.383 e. The average Bonchev–Trinajstić information content (AvgIpc) is 3.50. The first-order valence-electron chi connectivity index (χ1n) is 9.99. The Morgan fingerprint density at radius 3 is 2.97 bits per heavy atom. The van der Waals surface area contributed by atoms with Crippen LogP contribution in [0.4, 0.5) is 5.82 Å². The van der Waals surface area contributed by atoms with Crippen molar-refractivity contribution in [3.63, 3.8) is 0 Å². The van der Waals surface area contributed by atoms with Crippen LogP contribution in [0.25, 0.3) is 22.1 Å². The Bertz CT molecular complexity index is 1460. The van der Waals surface area contributed by atoms with Gasteiger partial charge in [-0.15, -0.1) is 0 Å². The Morgan fingerprint density at radius 1 is 1.31 bits per heavy atom. The molecule has 1 unspecified atom stereocenters. The molecular weight excluding hydrogens is 428 g/mol. The van der Waals surface area contributed by atoms with Crippen molar-refractivity contribution in [2.75, 3.05) is 18.8 Å². The predicted octanol–water partition coefficient (Wildman–Crippen LogP) is 2.31. The molecule has 32 heavy (non-hydrogen) atoms. The van der Waals surface area contributed by atoms with Crippen molar-refractivity contribution in [2.24, 2.45) is 7.05 Å². The molecule has 10 heteroatoms. The molecule has 1 saturated heterocycles. The SMILES string of the molecule is C=CC(=O)N1CCC(n2nc(C#Cc3cc4ncn(C)c4cc3Cl)c3c(N)ncnc32)C1. The van der Waals surface area contributed by atoms with E-state index in [1.807, 2.05) is 23.7 Å². The molecule has 9 nitrogen and oxygen atoms in total. The van der Waals surface area contributed by atoms with Gasteiger partial charge in [-0.25, -0.2) is 19.6 Å². The molecule has 0 radical (unpaired) electrons. The summed E-state index contributed by atoms with van der Waals surface area (Å²) in [7, 11) is 1.91.